The van der Waals surface area contributed by atoms with E-state index in [0.29, 0.717) is 11.9 Å². The van der Waals surface area contributed by atoms with Gasteiger partial charge in [-0.25, -0.2) is 0 Å². The highest BCUT2D eigenvalue weighted by Crippen LogP contribution is 2.28. The highest BCUT2D eigenvalue weighted by atomic mass is 16.6. The van der Waals surface area contributed by atoms with Gasteiger partial charge in [0.05, 0.1) is 22.4 Å². The van der Waals surface area contributed by atoms with Gasteiger partial charge in [0.15, 0.2) is 5.78 Å². The molecule has 1 aromatic carbocycles. The van der Waals surface area contributed by atoms with Gasteiger partial charge in [0, 0.05) is 18.2 Å². The third kappa shape index (κ3) is 2.68. The van der Waals surface area contributed by atoms with E-state index in [1.165, 1.54) is 12.5 Å². The molecule has 0 atom stereocenters. The average molecular weight is 286 g/mol. The monoisotopic (exact) mass is 286 g/mol. The quantitative estimate of drug-likeness (QED) is 0.636. The van der Waals surface area contributed by atoms with Crippen LogP contribution in [-0.2, 0) is 11.3 Å². The molecular weight excluding hydrogens is 268 g/mol. The molecule has 0 unspecified atom stereocenters. The first-order valence-electron chi connectivity index (χ1n) is 7.42. The summed E-state index contributed by atoms with van der Waals surface area (Å²) in [6.45, 7) is 0.315. The normalized spacial score (nSPS) is 16.2. The average Bonchev–Trinajstić information content (AvgIpc) is 2.91. The summed E-state index contributed by atoms with van der Waals surface area (Å²) in [6.07, 6.45) is 7.24. The molecule has 1 fully saturated rings. The van der Waals surface area contributed by atoms with E-state index in [2.05, 4.69) is 0 Å². The Bertz CT molecular complexity index is 684. The van der Waals surface area contributed by atoms with Gasteiger partial charge in [-0.15, -0.1) is 0 Å². The minimum Gasteiger partial charge on any atom is -0.340 e. The van der Waals surface area contributed by atoms with Gasteiger partial charge in [0.1, 0.15) is 0 Å². The Balaban J connectivity index is 1.86. The maximum atomic E-state index is 12.4. The number of nitrogens with zero attached hydrogens (tertiary/aromatic N) is 2. The van der Waals surface area contributed by atoms with Gasteiger partial charge in [0.2, 0.25) is 0 Å². The number of rotatable bonds is 4. The lowest BCUT2D eigenvalue weighted by atomic mass is 9.86. The molecule has 2 aromatic rings. The zero-order valence-electron chi connectivity index (χ0n) is 11.8. The molecule has 1 aliphatic carbocycles. The third-order valence-electron chi connectivity index (χ3n) is 4.37. The van der Waals surface area contributed by atoms with E-state index in [0.717, 1.165) is 31.2 Å². The fourth-order valence-corrected chi connectivity index (χ4v) is 3.23. The highest BCUT2D eigenvalue weighted by Gasteiger charge is 2.22. The number of carbonyl (C=O) groups is 1. The molecular formula is C16H18N2O3. The fraction of sp³-hybridized carbons (Fsp3) is 0.438. The van der Waals surface area contributed by atoms with Crippen molar-refractivity contribution >= 4 is 22.4 Å². The number of non-ortho nitro benzene ring substituents is 1. The van der Waals surface area contributed by atoms with E-state index in [4.69, 9.17) is 0 Å². The number of aromatic nitrogens is 1. The van der Waals surface area contributed by atoms with Crippen LogP contribution in [0.3, 0.4) is 0 Å². The summed E-state index contributed by atoms with van der Waals surface area (Å²) in [5, 5.41) is 11.6. The molecule has 5 nitrogen and oxygen atoms in total. The summed E-state index contributed by atoms with van der Waals surface area (Å²) < 4.78 is 1.83. The van der Waals surface area contributed by atoms with Gasteiger partial charge >= 0.3 is 0 Å². The summed E-state index contributed by atoms with van der Waals surface area (Å²) in [6, 6.07) is 6.72. The Kier molecular flexibility index (Phi) is 3.73. The third-order valence-corrected chi connectivity index (χ3v) is 4.37. The Morgan fingerprint density at radius 1 is 1.24 bits per heavy atom. The van der Waals surface area contributed by atoms with Crippen molar-refractivity contribution in [3.63, 3.8) is 0 Å². The van der Waals surface area contributed by atoms with Crippen molar-refractivity contribution in [2.24, 2.45) is 5.92 Å². The first-order valence-corrected chi connectivity index (χ1v) is 7.42. The molecule has 1 aliphatic rings. The smallest absolute Gasteiger partial charge is 0.278 e. The molecule has 0 radical (unpaired) electrons. The van der Waals surface area contributed by atoms with Crippen LogP contribution < -0.4 is 0 Å². The van der Waals surface area contributed by atoms with E-state index in [9.17, 15) is 14.9 Å². The summed E-state index contributed by atoms with van der Waals surface area (Å²) in [7, 11) is 0. The number of nitro groups is 1. The van der Waals surface area contributed by atoms with Gasteiger partial charge in [-0.05, 0) is 25.0 Å². The van der Waals surface area contributed by atoms with Crippen molar-refractivity contribution in [1.29, 1.82) is 0 Å². The van der Waals surface area contributed by atoms with Crippen molar-refractivity contribution < 1.29 is 9.72 Å². The molecule has 21 heavy (non-hydrogen) atoms. The summed E-state index contributed by atoms with van der Waals surface area (Å²) in [5.74, 6) is 0.411. The first-order chi connectivity index (χ1) is 10.2. The van der Waals surface area contributed by atoms with Gasteiger partial charge in [-0.2, -0.15) is 0 Å². The fourth-order valence-electron chi connectivity index (χ4n) is 3.23. The topological polar surface area (TPSA) is 65.1 Å². The van der Waals surface area contributed by atoms with Crippen molar-refractivity contribution in [1.82, 2.24) is 4.57 Å². The molecule has 0 bridgehead atoms. The van der Waals surface area contributed by atoms with E-state index >= 15 is 0 Å². The standard InChI is InChI=1S/C16H18N2O3/c19-16(12-5-2-1-3-6-12)11-17-10-9-13-14(17)7-4-8-15(13)18(20)21/h4,7-10,12H,1-3,5-6,11H2. The maximum Gasteiger partial charge on any atom is 0.278 e. The number of ketones is 1. The zero-order valence-corrected chi connectivity index (χ0v) is 11.8. The number of carbonyl (C=O) groups excluding carboxylic acids is 1. The molecule has 5 heteroatoms. The van der Waals surface area contributed by atoms with Crippen LogP contribution in [0.4, 0.5) is 5.69 Å². The maximum absolute atomic E-state index is 12.4. The molecule has 0 N–H and O–H groups in total. The lowest BCUT2D eigenvalue weighted by Crippen LogP contribution is -2.22. The van der Waals surface area contributed by atoms with E-state index in [-0.39, 0.29) is 22.3 Å². The van der Waals surface area contributed by atoms with Crippen LogP contribution in [0.15, 0.2) is 30.5 Å². The second-order valence-electron chi connectivity index (χ2n) is 5.71. The second-order valence-corrected chi connectivity index (χ2v) is 5.71. The van der Waals surface area contributed by atoms with Crippen molar-refractivity contribution in [2.45, 2.75) is 38.6 Å². The largest absolute Gasteiger partial charge is 0.340 e. The molecule has 1 heterocycles. The zero-order chi connectivity index (χ0) is 14.8. The number of nitro benzene ring substituents is 1. The number of hydrogen-bond acceptors (Lipinski definition) is 3. The Morgan fingerprint density at radius 3 is 2.71 bits per heavy atom. The van der Waals surface area contributed by atoms with E-state index in [1.807, 2.05) is 10.6 Å². The lowest BCUT2D eigenvalue weighted by Gasteiger charge is -2.20. The van der Waals surface area contributed by atoms with Crippen LogP contribution in [0.2, 0.25) is 0 Å². The Labute approximate surface area is 122 Å². The van der Waals surface area contributed by atoms with Crippen molar-refractivity contribution in [3.05, 3.63) is 40.6 Å². The molecule has 0 aliphatic heterocycles. The second kappa shape index (κ2) is 5.68. The Morgan fingerprint density at radius 2 is 2.00 bits per heavy atom. The summed E-state index contributed by atoms with van der Waals surface area (Å²) in [5.41, 5.74) is 0.852. The highest BCUT2D eigenvalue weighted by molar-refractivity contribution is 5.90. The Hall–Kier alpha value is -2.17. The number of hydrogen-bond donors (Lipinski definition) is 0. The van der Waals surface area contributed by atoms with Crippen LogP contribution in [0.1, 0.15) is 32.1 Å². The summed E-state index contributed by atoms with van der Waals surface area (Å²) in [4.78, 5) is 23.0. The number of Topliss-reactive ketones (excluding diaryl/α,β-unsaturated/α-hetero) is 1. The van der Waals surface area contributed by atoms with E-state index < -0.39 is 0 Å². The molecule has 3 rings (SSSR count). The van der Waals surface area contributed by atoms with Crippen LogP contribution >= 0.6 is 0 Å². The molecule has 0 spiro atoms. The van der Waals surface area contributed by atoms with Crippen LogP contribution in [0.25, 0.3) is 10.9 Å². The van der Waals surface area contributed by atoms with E-state index in [1.54, 1.807) is 18.3 Å². The molecule has 110 valence electrons. The van der Waals surface area contributed by atoms with Crippen molar-refractivity contribution in [2.75, 3.05) is 0 Å². The minimum absolute atomic E-state index is 0.0939. The minimum atomic E-state index is -0.379. The lowest BCUT2D eigenvalue weighted by molar-refractivity contribution is -0.383. The van der Waals surface area contributed by atoms with Gasteiger partial charge in [0.25, 0.3) is 5.69 Å². The molecule has 0 saturated heterocycles. The van der Waals surface area contributed by atoms with Gasteiger partial charge < -0.3 is 4.57 Å². The number of fused-ring (bicyclic) bond motifs is 1. The van der Waals surface area contributed by atoms with Crippen LogP contribution in [0.5, 0.6) is 0 Å². The predicted octanol–water partition coefficient (Wildman–Crippen LogP) is 3.70. The number of benzene rings is 1. The SMILES string of the molecule is O=C(Cn1ccc2c([N+](=O)[O-])cccc21)C1CCCCC1. The van der Waals surface area contributed by atoms with Crippen LogP contribution in [0, 0.1) is 16.0 Å². The molecule has 1 saturated carbocycles. The van der Waals surface area contributed by atoms with Crippen molar-refractivity contribution in [3.8, 4) is 0 Å². The van der Waals surface area contributed by atoms with Gasteiger partial charge in [-0.3, -0.25) is 14.9 Å². The molecule has 0 amide bonds. The van der Waals surface area contributed by atoms with Gasteiger partial charge in [-0.1, -0.05) is 25.3 Å². The molecule has 1 aromatic heterocycles. The van der Waals surface area contributed by atoms with Crippen LogP contribution in [-0.4, -0.2) is 15.3 Å². The first kappa shape index (κ1) is 13.8. The predicted molar refractivity (Wildman–Crippen MR) is 80.2 cm³/mol. The summed E-state index contributed by atoms with van der Waals surface area (Å²) >= 11 is 0.